The maximum atomic E-state index is 14.0. The van der Waals surface area contributed by atoms with E-state index < -0.39 is 12.0 Å². The molecular weight excluding hydrogens is 466 g/mol. The molecule has 3 aromatic carbocycles. The van der Waals surface area contributed by atoms with E-state index in [0.717, 1.165) is 11.1 Å². The van der Waals surface area contributed by atoms with Crippen LogP contribution in [0, 0.1) is 0 Å². The Labute approximate surface area is 215 Å². The monoisotopic (exact) mass is 493 g/mol. The van der Waals surface area contributed by atoms with Gasteiger partial charge in [0.1, 0.15) is 11.5 Å². The van der Waals surface area contributed by atoms with Gasteiger partial charge in [-0.25, -0.2) is 0 Å². The molecule has 0 radical (unpaired) electrons. The van der Waals surface area contributed by atoms with Crippen LogP contribution >= 0.6 is 0 Å². The van der Waals surface area contributed by atoms with Gasteiger partial charge in [0, 0.05) is 30.2 Å². The lowest BCUT2D eigenvalue weighted by atomic mass is 9.78. The predicted octanol–water partition coefficient (Wildman–Crippen LogP) is 4.90. The van der Waals surface area contributed by atoms with Crippen molar-refractivity contribution in [1.29, 1.82) is 0 Å². The van der Waals surface area contributed by atoms with Crippen LogP contribution in [0.25, 0.3) is 0 Å². The molecule has 4 aromatic rings. The summed E-state index contributed by atoms with van der Waals surface area (Å²) in [5.41, 5.74) is 3.59. The van der Waals surface area contributed by atoms with E-state index in [4.69, 9.17) is 9.47 Å². The number of hydrogen-bond donors (Lipinski definition) is 1. The van der Waals surface area contributed by atoms with Gasteiger partial charge < -0.3 is 14.8 Å². The Morgan fingerprint density at radius 3 is 2.22 bits per heavy atom. The Hall–Kier alpha value is -4.65. The first-order valence-electron chi connectivity index (χ1n) is 12.0. The van der Waals surface area contributed by atoms with Crippen LogP contribution in [0.3, 0.4) is 0 Å². The Morgan fingerprint density at radius 1 is 0.892 bits per heavy atom. The summed E-state index contributed by atoms with van der Waals surface area (Å²) in [6.45, 7) is 0.331. The predicted molar refractivity (Wildman–Crippen MR) is 141 cm³/mol. The number of pyridine rings is 1. The molecule has 2 heterocycles. The van der Waals surface area contributed by atoms with Crippen LogP contribution in [0.2, 0.25) is 0 Å². The highest BCUT2D eigenvalue weighted by molar-refractivity contribution is 6.11. The van der Waals surface area contributed by atoms with Gasteiger partial charge in [0.25, 0.3) is 5.91 Å². The maximum absolute atomic E-state index is 14.0. The number of rotatable bonds is 7. The van der Waals surface area contributed by atoms with Crippen LogP contribution in [-0.2, 0) is 11.3 Å². The van der Waals surface area contributed by atoms with Crippen LogP contribution in [0.15, 0.2) is 97.3 Å². The van der Waals surface area contributed by atoms with Crippen LogP contribution in [0.4, 0.5) is 5.69 Å². The first-order chi connectivity index (χ1) is 18.1. The van der Waals surface area contributed by atoms with Gasteiger partial charge in [0.2, 0.25) is 5.91 Å². The normalized spacial score (nSPS) is 16.6. The standard InChI is InChI=1S/C30H27N3O4/c1-36-23-13-9-21(10-14-23)28-27(29(34)32-19-20-6-5-17-31-18-20)25-7-3-4-8-26(25)30(35)33(28)22-11-15-24(37-2)16-12-22/h3-18,27-28H,19H2,1-2H3,(H,32,34)/t27-,28+/m0/s1. The quantitative estimate of drug-likeness (QED) is 0.396. The minimum atomic E-state index is -0.652. The smallest absolute Gasteiger partial charge is 0.259 e. The molecule has 2 atom stereocenters. The van der Waals surface area contributed by atoms with Crippen molar-refractivity contribution >= 4 is 17.5 Å². The number of fused-ring (bicyclic) bond motifs is 1. The highest BCUT2D eigenvalue weighted by Crippen LogP contribution is 2.45. The number of methoxy groups -OCH3 is 2. The summed E-state index contributed by atoms with van der Waals surface area (Å²) in [4.78, 5) is 33.7. The third kappa shape index (κ3) is 4.76. The van der Waals surface area contributed by atoms with Crippen LogP contribution in [-0.4, -0.2) is 31.0 Å². The molecule has 0 unspecified atom stereocenters. The Morgan fingerprint density at radius 2 is 1.57 bits per heavy atom. The van der Waals surface area contributed by atoms with E-state index in [1.807, 2.05) is 78.9 Å². The molecule has 37 heavy (non-hydrogen) atoms. The van der Waals surface area contributed by atoms with Crippen LogP contribution < -0.4 is 19.7 Å². The van der Waals surface area contributed by atoms with Gasteiger partial charge >= 0.3 is 0 Å². The molecule has 1 aliphatic rings. The molecule has 7 heteroatoms. The second-order valence-corrected chi connectivity index (χ2v) is 8.74. The summed E-state index contributed by atoms with van der Waals surface area (Å²) < 4.78 is 10.7. The molecule has 2 amide bonds. The second-order valence-electron chi connectivity index (χ2n) is 8.74. The van der Waals surface area contributed by atoms with Crippen LogP contribution in [0.5, 0.6) is 11.5 Å². The van der Waals surface area contributed by atoms with Crippen molar-refractivity contribution in [2.75, 3.05) is 19.1 Å². The van der Waals surface area contributed by atoms with Crippen molar-refractivity contribution < 1.29 is 19.1 Å². The van der Waals surface area contributed by atoms with E-state index in [0.29, 0.717) is 34.9 Å². The average molecular weight is 494 g/mol. The van der Waals surface area contributed by atoms with Crippen LogP contribution in [0.1, 0.15) is 39.0 Å². The summed E-state index contributed by atoms with van der Waals surface area (Å²) in [6, 6.07) is 25.3. The van der Waals surface area contributed by atoms with Gasteiger partial charge in [-0.05, 0) is 65.2 Å². The average Bonchev–Trinajstić information content (AvgIpc) is 2.96. The van der Waals surface area contributed by atoms with Crippen molar-refractivity contribution in [2.24, 2.45) is 0 Å². The van der Waals surface area contributed by atoms with E-state index in [1.54, 1.807) is 37.6 Å². The van der Waals surface area contributed by atoms with E-state index in [2.05, 4.69) is 10.3 Å². The molecule has 1 N–H and O–H groups in total. The highest BCUT2D eigenvalue weighted by Gasteiger charge is 2.44. The zero-order chi connectivity index (χ0) is 25.8. The largest absolute Gasteiger partial charge is 0.497 e. The molecule has 0 aliphatic carbocycles. The highest BCUT2D eigenvalue weighted by atomic mass is 16.5. The number of carbonyl (C=O) groups excluding carboxylic acids is 2. The number of anilines is 1. The number of aromatic nitrogens is 1. The first kappa shape index (κ1) is 24.1. The van der Waals surface area contributed by atoms with Crippen molar-refractivity contribution in [2.45, 2.75) is 18.5 Å². The number of nitrogens with zero attached hydrogens (tertiary/aromatic N) is 2. The summed E-state index contributed by atoms with van der Waals surface area (Å²) in [5.74, 6) is 0.377. The molecule has 0 bridgehead atoms. The molecule has 1 aromatic heterocycles. The molecule has 1 aliphatic heterocycles. The molecule has 0 saturated carbocycles. The zero-order valence-electron chi connectivity index (χ0n) is 20.6. The summed E-state index contributed by atoms with van der Waals surface area (Å²) in [6.07, 6.45) is 3.42. The van der Waals surface area contributed by atoms with Gasteiger partial charge in [0.15, 0.2) is 0 Å². The number of amides is 2. The summed E-state index contributed by atoms with van der Waals surface area (Å²) in [5, 5.41) is 3.08. The topological polar surface area (TPSA) is 80.8 Å². The van der Waals surface area contributed by atoms with Crippen molar-refractivity contribution in [3.8, 4) is 11.5 Å². The molecule has 186 valence electrons. The maximum Gasteiger partial charge on any atom is 0.259 e. The Bertz CT molecular complexity index is 1390. The third-order valence-corrected chi connectivity index (χ3v) is 6.62. The second kappa shape index (κ2) is 10.5. The fourth-order valence-corrected chi connectivity index (χ4v) is 4.79. The summed E-state index contributed by atoms with van der Waals surface area (Å²) in [7, 11) is 3.20. The molecule has 0 fully saturated rings. The Balaban J connectivity index is 1.63. The minimum absolute atomic E-state index is 0.169. The fourth-order valence-electron chi connectivity index (χ4n) is 4.79. The number of hydrogen-bond acceptors (Lipinski definition) is 5. The minimum Gasteiger partial charge on any atom is -0.497 e. The molecular formula is C30H27N3O4. The van der Waals surface area contributed by atoms with E-state index in [1.165, 1.54) is 0 Å². The lowest BCUT2D eigenvalue weighted by Crippen LogP contribution is -2.47. The van der Waals surface area contributed by atoms with Crippen molar-refractivity contribution in [3.63, 3.8) is 0 Å². The molecule has 0 spiro atoms. The van der Waals surface area contributed by atoms with E-state index in [9.17, 15) is 9.59 Å². The Kier molecular flexibility index (Phi) is 6.85. The van der Waals surface area contributed by atoms with E-state index in [-0.39, 0.29) is 11.8 Å². The van der Waals surface area contributed by atoms with E-state index >= 15 is 0 Å². The molecule has 7 nitrogen and oxygen atoms in total. The lowest BCUT2D eigenvalue weighted by molar-refractivity contribution is -0.123. The fraction of sp³-hybridized carbons (Fsp3) is 0.167. The van der Waals surface area contributed by atoms with Gasteiger partial charge in [0.05, 0.1) is 26.2 Å². The number of carbonyl (C=O) groups is 2. The summed E-state index contributed by atoms with van der Waals surface area (Å²) >= 11 is 0. The SMILES string of the molecule is COc1ccc([C@@H]2[C@@H](C(=O)NCc3cccnc3)c3ccccc3C(=O)N2c2ccc(OC)cc2)cc1. The van der Waals surface area contributed by atoms with Gasteiger partial charge in [-0.1, -0.05) is 36.4 Å². The van der Waals surface area contributed by atoms with Crippen molar-refractivity contribution in [3.05, 3.63) is 120 Å². The number of benzene rings is 3. The van der Waals surface area contributed by atoms with Gasteiger partial charge in [-0.2, -0.15) is 0 Å². The van der Waals surface area contributed by atoms with Crippen molar-refractivity contribution in [1.82, 2.24) is 10.3 Å². The lowest BCUT2D eigenvalue weighted by Gasteiger charge is -2.42. The number of nitrogens with one attached hydrogen (secondary N) is 1. The zero-order valence-corrected chi connectivity index (χ0v) is 20.6. The molecule has 5 rings (SSSR count). The first-order valence-corrected chi connectivity index (χ1v) is 12.0. The molecule has 0 saturated heterocycles. The van der Waals surface area contributed by atoms with Gasteiger partial charge in [-0.3, -0.25) is 19.5 Å². The third-order valence-electron chi connectivity index (χ3n) is 6.62. The number of ether oxygens (including phenoxy) is 2. The van der Waals surface area contributed by atoms with Gasteiger partial charge in [-0.15, -0.1) is 0 Å².